The number of morpholine rings is 1. The molecule has 1 amide bonds. The smallest absolute Gasteiger partial charge is 0.416 e. The van der Waals surface area contributed by atoms with Gasteiger partial charge in [0, 0.05) is 37.8 Å². The third kappa shape index (κ3) is 8.71. The molecule has 2 saturated heterocycles. The van der Waals surface area contributed by atoms with Gasteiger partial charge in [-0.15, -0.1) is 0 Å². The van der Waals surface area contributed by atoms with Crippen LogP contribution in [0.4, 0.5) is 42.8 Å². The normalized spacial score (nSPS) is 21.5. The Bertz CT molecular complexity index is 1250. The van der Waals surface area contributed by atoms with Crippen molar-refractivity contribution in [3.8, 4) is 0 Å². The van der Waals surface area contributed by atoms with Gasteiger partial charge in [0.15, 0.2) is 0 Å². The zero-order valence-electron chi connectivity index (χ0n) is 26.2. The van der Waals surface area contributed by atoms with Gasteiger partial charge in [-0.05, 0) is 70.2 Å². The molecule has 0 spiro atoms. The average molecular weight is 646 g/mol. The fourth-order valence-electron chi connectivity index (χ4n) is 5.96. The largest absolute Gasteiger partial charge is 0.444 e. The van der Waals surface area contributed by atoms with E-state index < -0.39 is 41.2 Å². The van der Waals surface area contributed by atoms with Crippen LogP contribution < -0.4 is 9.80 Å². The second-order valence-corrected chi connectivity index (χ2v) is 12.5. The van der Waals surface area contributed by atoms with Crippen molar-refractivity contribution < 1.29 is 40.6 Å². The summed E-state index contributed by atoms with van der Waals surface area (Å²) in [6.45, 7) is 11.3. The SMILES string of the molecule is CC[C@@H]1CC(N(Cc2cc(C(F)(F)F)cc(C(F)(F)F)c2)c2ncc(N3CCOCC3)cn2)C[C@H](CC)N1C(=O)OC(C)(C)C. The van der Waals surface area contributed by atoms with E-state index in [1.807, 2.05) is 18.7 Å². The Kier molecular flexibility index (Phi) is 10.4. The molecule has 0 radical (unpaired) electrons. The molecule has 1 aromatic carbocycles. The first kappa shape index (κ1) is 34.6. The number of rotatable bonds is 7. The van der Waals surface area contributed by atoms with Gasteiger partial charge >= 0.3 is 18.4 Å². The first-order valence-electron chi connectivity index (χ1n) is 15.2. The molecule has 14 heteroatoms. The Hall–Kier alpha value is -3.29. The van der Waals surface area contributed by atoms with Crippen molar-refractivity contribution in [1.82, 2.24) is 14.9 Å². The highest BCUT2D eigenvalue weighted by atomic mass is 19.4. The number of amides is 1. The first-order chi connectivity index (χ1) is 21.0. The van der Waals surface area contributed by atoms with E-state index in [1.165, 1.54) is 0 Å². The predicted octanol–water partition coefficient (Wildman–Crippen LogP) is 7.31. The first-order valence-corrected chi connectivity index (χ1v) is 15.2. The van der Waals surface area contributed by atoms with Crippen molar-refractivity contribution in [1.29, 1.82) is 0 Å². The second-order valence-electron chi connectivity index (χ2n) is 12.5. The van der Waals surface area contributed by atoms with Crippen LogP contribution in [0.1, 0.15) is 77.0 Å². The summed E-state index contributed by atoms with van der Waals surface area (Å²) in [7, 11) is 0. The van der Waals surface area contributed by atoms with E-state index in [9.17, 15) is 31.1 Å². The van der Waals surface area contributed by atoms with E-state index in [2.05, 4.69) is 9.97 Å². The molecule has 3 atom stereocenters. The van der Waals surface area contributed by atoms with Gasteiger partial charge in [0.2, 0.25) is 5.95 Å². The third-order valence-corrected chi connectivity index (χ3v) is 8.12. The number of anilines is 2. The zero-order valence-corrected chi connectivity index (χ0v) is 26.2. The topological polar surface area (TPSA) is 71.0 Å². The quantitative estimate of drug-likeness (QED) is 0.293. The van der Waals surface area contributed by atoms with Gasteiger partial charge in [0.25, 0.3) is 0 Å². The number of halogens is 6. The molecule has 1 aromatic heterocycles. The van der Waals surface area contributed by atoms with Crippen molar-refractivity contribution in [3.05, 3.63) is 47.3 Å². The molecular weight excluding hydrogens is 604 g/mol. The van der Waals surface area contributed by atoms with Crippen molar-refractivity contribution in [3.63, 3.8) is 0 Å². The molecule has 8 nitrogen and oxygen atoms in total. The molecular formula is C31H41F6N5O3. The lowest BCUT2D eigenvalue weighted by molar-refractivity contribution is -0.143. The minimum Gasteiger partial charge on any atom is -0.444 e. The zero-order chi connectivity index (χ0) is 33.2. The molecule has 2 aliphatic heterocycles. The predicted molar refractivity (Wildman–Crippen MR) is 157 cm³/mol. The Morgan fingerprint density at radius 2 is 1.42 bits per heavy atom. The van der Waals surface area contributed by atoms with Crippen LogP contribution >= 0.6 is 0 Å². The molecule has 0 aliphatic carbocycles. The monoisotopic (exact) mass is 645 g/mol. The maximum Gasteiger partial charge on any atom is 0.416 e. The Labute approximate surface area is 259 Å². The molecule has 0 bridgehead atoms. The summed E-state index contributed by atoms with van der Waals surface area (Å²) in [6, 6.07) is 0.651. The molecule has 0 N–H and O–H groups in total. The number of aromatic nitrogens is 2. The van der Waals surface area contributed by atoms with Crippen LogP contribution in [0, 0.1) is 0 Å². The fraction of sp³-hybridized carbons (Fsp3) is 0.645. The van der Waals surface area contributed by atoms with Gasteiger partial charge in [0.1, 0.15) is 5.60 Å². The summed E-state index contributed by atoms with van der Waals surface area (Å²) in [5.74, 6) is 0.179. The number of alkyl halides is 6. The molecule has 2 fully saturated rings. The summed E-state index contributed by atoms with van der Waals surface area (Å²) >= 11 is 0. The maximum atomic E-state index is 13.7. The number of likely N-dealkylation sites (tertiary alicyclic amines) is 1. The molecule has 2 aliphatic rings. The lowest BCUT2D eigenvalue weighted by atomic mass is 9.87. The van der Waals surface area contributed by atoms with Gasteiger partial charge in [-0.2, -0.15) is 26.3 Å². The van der Waals surface area contributed by atoms with Crippen LogP contribution in [-0.4, -0.2) is 71.0 Å². The van der Waals surface area contributed by atoms with Crippen LogP contribution in [0.5, 0.6) is 0 Å². The number of nitrogens with zero attached hydrogens (tertiary/aromatic N) is 5. The van der Waals surface area contributed by atoms with Crippen molar-refractivity contribution in [2.24, 2.45) is 0 Å². The van der Waals surface area contributed by atoms with E-state index in [0.29, 0.717) is 52.0 Å². The molecule has 250 valence electrons. The Morgan fingerprint density at radius 1 is 0.911 bits per heavy atom. The number of hydrogen-bond donors (Lipinski definition) is 0. The lowest BCUT2D eigenvalue weighted by Gasteiger charge is -2.48. The molecule has 3 heterocycles. The van der Waals surface area contributed by atoms with Gasteiger partial charge < -0.3 is 24.2 Å². The lowest BCUT2D eigenvalue weighted by Crippen LogP contribution is -2.57. The average Bonchev–Trinajstić information content (AvgIpc) is 2.97. The number of carbonyl (C=O) groups excluding carboxylic acids is 1. The van der Waals surface area contributed by atoms with Gasteiger partial charge in [-0.3, -0.25) is 0 Å². The number of hydrogen-bond acceptors (Lipinski definition) is 7. The van der Waals surface area contributed by atoms with Crippen molar-refractivity contribution in [2.45, 2.75) is 103 Å². The molecule has 0 saturated carbocycles. The number of piperidine rings is 1. The molecule has 4 rings (SSSR count). The van der Waals surface area contributed by atoms with Crippen LogP contribution in [0.25, 0.3) is 0 Å². The van der Waals surface area contributed by atoms with Gasteiger partial charge in [-0.25, -0.2) is 14.8 Å². The van der Waals surface area contributed by atoms with E-state index in [0.717, 1.165) is 17.8 Å². The molecule has 45 heavy (non-hydrogen) atoms. The van der Waals surface area contributed by atoms with E-state index in [-0.39, 0.29) is 36.2 Å². The summed E-state index contributed by atoms with van der Waals surface area (Å²) in [5, 5.41) is 0. The van der Waals surface area contributed by atoms with E-state index in [1.54, 1.807) is 43.0 Å². The number of carbonyl (C=O) groups is 1. The number of benzene rings is 1. The van der Waals surface area contributed by atoms with Gasteiger partial charge in [0.05, 0.1) is 42.4 Å². The molecule has 2 aromatic rings. The highest BCUT2D eigenvalue weighted by Gasteiger charge is 2.42. The van der Waals surface area contributed by atoms with Crippen LogP contribution in [0.15, 0.2) is 30.6 Å². The van der Waals surface area contributed by atoms with Crippen molar-refractivity contribution in [2.75, 3.05) is 36.1 Å². The summed E-state index contributed by atoms with van der Waals surface area (Å²) < 4.78 is 93.5. The summed E-state index contributed by atoms with van der Waals surface area (Å²) in [4.78, 5) is 27.8. The Balaban J connectivity index is 1.74. The fourth-order valence-corrected chi connectivity index (χ4v) is 5.96. The summed E-state index contributed by atoms with van der Waals surface area (Å²) in [6.07, 6.45) is -5.26. The maximum absolute atomic E-state index is 13.7. The van der Waals surface area contributed by atoms with Crippen LogP contribution in [-0.2, 0) is 28.4 Å². The highest BCUT2D eigenvalue weighted by Crippen LogP contribution is 2.38. The minimum atomic E-state index is -4.98. The van der Waals surface area contributed by atoms with E-state index in [4.69, 9.17) is 9.47 Å². The second kappa shape index (κ2) is 13.6. The highest BCUT2D eigenvalue weighted by molar-refractivity contribution is 5.69. The van der Waals surface area contributed by atoms with E-state index >= 15 is 0 Å². The van der Waals surface area contributed by atoms with Crippen molar-refractivity contribution >= 4 is 17.7 Å². The summed E-state index contributed by atoms with van der Waals surface area (Å²) in [5.41, 5.74) is -2.92. The van der Waals surface area contributed by atoms with Crippen LogP contribution in [0.3, 0.4) is 0 Å². The minimum absolute atomic E-state index is 0.126. The standard InChI is InChI=1S/C31H41F6N5O3/c1-6-23-15-25(16-24(7-2)42(23)28(43)45-29(3,4)5)41(27-38-17-26(18-39-27)40-8-10-44-11-9-40)19-20-12-21(30(32,33)34)14-22(13-20)31(35,36)37/h12-14,17-18,23-25H,6-11,15-16,19H2,1-5H3/t23-,24+,25?. The van der Waals surface area contributed by atoms with Crippen LogP contribution in [0.2, 0.25) is 0 Å². The third-order valence-electron chi connectivity index (χ3n) is 8.12. The molecule has 1 unspecified atom stereocenters. The Morgan fingerprint density at radius 3 is 1.87 bits per heavy atom. The number of ether oxygens (including phenoxy) is 2. The van der Waals surface area contributed by atoms with Gasteiger partial charge in [-0.1, -0.05) is 13.8 Å².